The summed E-state index contributed by atoms with van der Waals surface area (Å²) in [5.41, 5.74) is -0.452. The predicted octanol–water partition coefficient (Wildman–Crippen LogP) is 1.27. The highest BCUT2D eigenvalue weighted by Gasteiger charge is 2.27. The van der Waals surface area contributed by atoms with Gasteiger partial charge < -0.3 is 19.1 Å². The van der Waals surface area contributed by atoms with Crippen LogP contribution in [-0.2, 0) is 14.2 Å². The normalized spacial score (nSPS) is 22.0. The Balaban J connectivity index is 2.44. The summed E-state index contributed by atoms with van der Waals surface area (Å²) in [6.07, 6.45) is -0.330. The van der Waals surface area contributed by atoms with Gasteiger partial charge in [0.2, 0.25) is 0 Å². The van der Waals surface area contributed by atoms with Crippen molar-refractivity contribution in [2.45, 2.75) is 32.5 Å². The average Bonchev–Trinajstić information content (AvgIpc) is 2.16. The largest absolute Gasteiger partial charge is 0.444 e. The molecule has 1 amide bonds. The van der Waals surface area contributed by atoms with Crippen molar-refractivity contribution in [2.24, 2.45) is 0 Å². The molecule has 1 aliphatic heterocycles. The summed E-state index contributed by atoms with van der Waals surface area (Å²) in [5, 5.41) is 0. The molecule has 1 heterocycles. The smallest absolute Gasteiger partial charge is 0.410 e. The first kappa shape index (κ1) is 13.3. The molecular weight excluding hydrogens is 210 g/mol. The molecule has 5 nitrogen and oxygen atoms in total. The van der Waals surface area contributed by atoms with E-state index in [1.54, 1.807) is 12.0 Å². The van der Waals surface area contributed by atoms with Crippen LogP contribution in [0, 0.1) is 0 Å². The van der Waals surface area contributed by atoms with Crippen LogP contribution in [0.25, 0.3) is 0 Å². The molecule has 0 spiro atoms. The van der Waals surface area contributed by atoms with E-state index >= 15 is 0 Å². The van der Waals surface area contributed by atoms with Gasteiger partial charge in [0.15, 0.2) is 0 Å². The molecule has 1 atom stereocenters. The number of hydrogen-bond acceptors (Lipinski definition) is 4. The van der Waals surface area contributed by atoms with Crippen molar-refractivity contribution in [3.63, 3.8) is 0 Å². The van der Waals surface area contributed by atoms with Crippen LogP contribution in [0.15, 0.2) is 0 Å². The van der Waals surface area contributed by atoms with E-state index in [-0.39, 0.29) is 12.2 Å². The topological polar surface area (TPSA) is 48.0 Å². The quantitative estimate of drug-likeness (QED) is 0.718. The first-order chi connectivity index (χ1) is 7.42. The second kappa shape index (κ2) is 5.50. The van der Waals surface area contributed by atoms with E-state index < -0.39 is 5.60 Å². The molecule has 0 aromatic heterocycles. The molecule has 0 N–H and O–H groups in total. The maximum absolute atomic E-state index is 11.8. The standard InChI is InChI=1S/C11H21NO4/c1-11(2,3)16-10(13)12-5-6-15-9(7-12)8-14-4/h9H,5-8H2,1-4H3. The van der Waals surface area contributed by atoms with Gasteiger partial charge in [-0.05, 0) is 20.8 Å². The fourth-order valence-corrected chi connectivity index (χ4v) is 1.50. The van der Waals surface area contributed by atoms with Crippen LogP contribution in [0.5, 0.6) is 0 Å². The SMILES string of the molecule is COCC1CN(C(=O)OC(C)(C)C)CCO1. The molecule has 0 aromatic carbocycles. The first-order valence-electron chi connectivity index (χ1n) is 5.51. The lowest BCUT2D eigenvalue weighted by molar-refractivity contribution is -0.0658. The Morgan fingerprint density at radius 2 is 2.19 bits per heavy atom. The minimum Gasteiger partial charge on any atom is -0.444 e. The number of rotatable bonds is 2. The number of amides is 1. The van der Waals surface area contributed by atoms with Gasteiger partial charge in [-0.25, -0.2) is 4.79 Å². The van der Waals surface area contributed by atoms with E-state index in [4.69, 9.17) is 14.2 Å². The Hall–Kier alpha value is -0.810. The van der Waals surface area contributed by atoms with Gasteiger partial charge in [-0.3, -0.25) is 0 Å². The van der Waals surface area contributed by atoms with Gasteiger partial charge in [0, 0.05) is 13.7 Å². The highest BCUT2D eigenvalue weighted by atomic mass is 16.6. The van der Waals surface area contributed by atoms with Crippen LogP contribution < -0.4 is 0 Å². The summed E-state index contributed by atoms with van der Waals surface area (Å²) >= 11 is 0. The first-order valence-corrected chi connectivity index (χ1v) is 5.51. The Bertz CT molecular complexity index is 235. The molecule has 0 aliphatic carbocycles. The fourth-order valence-electron chi connectivity index (χ4n) is 1.50. The van der Waals surface area contributed by atoms with Gasteiger partial charge in [0.1, 0.15) is 5.60 Å². The van der Waals surface area contributed by atoms with E-state index in [0.29, 0.717) is 26.3 Å². The van der Waals surface area contributed by atoms with Gasteiger partial charge in [-0.15, -0.1) is 0 Å². The zero-order chi connectivity index (χ0) is 12.2. The van der Waals surface area contributed by atoms with E-state index in [9.17, 15) is 4.79 Å². The number of nitrogens with zero attached hydrogens (tertiary/aromatic N) is 1. The summed E-state index contributed by atoms with van der Waals surface area (Å²) < 4.78 is 15.8. The summed E-state index contributed by atoms with van der Waals surface area (Å²) in [6, 6.07) is 0. The molecular formula is C11H21NO4. The molecule has 1 rings (SSSR count). The molecule has 0 bridgehead atoms. The summed E-state index contributed by atoms with van der Waals surface area (Å²) in [4.78, 5) is 13.4. The van der Waals surface area contributed by atoms with Crippen molar-refractivity contribution < 1.29 is 19.0 Å². The van der Waals surface area contributed by atoms with Gasteiger partial charge in [-0.1, -0.05) is 0 Å². The molecule has 0 saturated carbocycles. The van der Waals surface area contributed by atoms with Crippen LogP contribution >= 0.6 is 0 Å². The van der Waals surface area contributed by atoms with E-state index in [0.717, 1.165) is 0 Å². The van der Waals surface area contributed by atoms with Crippen molar-refractivity contribution in [3.05, 3.63) is 0 Å². The average molecular weight is 231 g/mol. The third-order valence-electron chi connectivity index (χ3n) is 2.14. The third kappa shape index (κ3) is 4.37. The van der Waals surface area contributed by atoms with Crippen molar-refractivity contribution in [2.75, 3.05) is 33.4 Å². The molecule has 1 saturated heterocycles. The van der Waals surface area contributed by atoms with E-state index in [1.807, 2.05) is 20.8 Å². The van der Waals surface area contributed by atoms with Crippen molar-refractivity contribution >= 4 is 6.09 Å². The third-order valence-corrected chi connectivity index (χ3v) is 2.14. The summed E-state index contributed by atoms with van der Waals surface area (Å²) in [7, 11) is 1.62. The lowest BCUT2D eigenvalue weighted by Gasteiger charge is -2.33. The Morgan fingerprint density at radius 1 is 1.50 bits per heavy atom. The summed E-state index contributed by atoms with van der Waals surface area (Å²) in [6.45, 7) is 7.72. The number of hydrogen-bond donors (Lipinski definition) is 0. The monoisotopic (exact) mass is 231 g/mol. The lowest BCUT2D eigenvalue weighted by atomic mass is 10.2. The van der Waals surface area contributed by atoms with Gasteiger partial charge >= 0.3 is 6.09 Å². The van der Waals surface area contributed by atoms with Crippen molar-refractivity contribution in [1.82, 2.24) is 4.90 Å². The number of methoxy groups -OCH3 is 1. The zero-order valence-corrected chi connectivity index (χ0v) is 10.5. The molecule has 1 unspecified atom stereocenters. The number of carbonyl (C=O) groups is 1. The summed E-state index contributed by atoms with van der Waals surface area (Å²) in [5.74, 6) is 0. The minimum atomic E-state index is -0.452. The second-order valence-electron chi connectivity index (χ2n) is 4.87. The molecule has 1 aliphatic rings. The van der Waals surface area contributed by atoms with Crippen LogP contribution in [0.1, 0.15) is 20.8 Å². The predicted molar refractivity (Wildman–Crippen MR) is 59.4 cm³/mol. The second-order valence-corrected chi connectivity index (χ2v) is 4.87. The molecule has 16 heavy (non-hydrogen) atoms. The molecule has 5 heteroatoms. The van der Waals surface area contributed by atoms with Crippen LogP contribution in [0.3, 0.4) is 0 Å². The van der Waals surface area contributed by atoms with Crippen molar-refractivity contribution in [1.29, 1.82) is 0 Å². The number of carbonyl (C=O) groups excluding carboxylic acids is 1. The van der Waals surface area contributed by atoms with Gasteiger partial charge in [0.05, 0.1) is 25.9 Å². The maximum atomic E-state index is 11.8. The molecule has 1 fully saturated rings. The lowest BCUT2D eigenvalue weighted by Crippen LogP contribution is -2.48. The van der Waals surface area contributed by atoms with E-state index in [2.05, 4.69) is 0 Å². The highest BCUT2D eigenvalue weighted by molar-refractivity contribution is 5.68. The zero-order valence-electron chi connectivity index (χ0n) is 10.5. The van der Waals surface area contributed by atoms with Crippen LogP contribution in [0.4, 0.5) is 4.79 Å². The van der Waals surface area contributed by atoms with Crippen LogP contribution in [0.2, 0.25) is 0 Å². The Labute approximate surface area is 96.6 Å². The molecule has 0 aromatic rings. The van der Waals surface area contributed by atoms with E-state index in [1.165, 1.54) is 0 Å². The Morgan fingerprint density at radius 3 is 2.75 bits per heavy atom. The van der Waals surface area contributed by atoms with Crippen LogP contribution in [-0.4, -0.2) is 56.1 Å². The molecule has 0 radical (unpaired) electrons. The molecule has 94 valence electrons. The number of morpholine rings is 1. The highest BCUT2D eigenvalue weighted by Crippen LogP contribution is 2.13. The van der Waals surface area contributed by atoms with Crippen molar-refractivity contribution in [3.8, 4) is 0 Å². The van der Waals surface area contributed by atoms with Gasteiger partial charge in [-0.2, -0.15) is 0 Å². The Kier molecular flexibility index (Phi) is 4.56. The van der Waals surface area contributed by atoms with Gasteiger partial charge in [0.25, 0.3) is 0 Å². The fraction of sp³-hybridized carbons (Fsp3) is 0.909. The maximum Gasteiger partial charge on any atom is 0.410 e. The number of ether oxygens (including phenoxy) is 3. The minimum absolute atomic E-state index is 0.0498.